The molecule has 5 rings (SSSR count). The number of carbonyl (C=O) groups excluding carboxylic acids is 2. The molecule has 3 aliphatic heterocycles. The topological polar surface area (TPSA) is 113 Å². The van der Waals surface area contributed by atoms with E-state index in [-0.39, 0.29) is 37.1 Å². The van der Waals surface area contributed by atoms with Crippen molar-refractivity contribution in [3.8, 4) is 11.5 Å². The van der Waals surface area contributed by atoms with Gasteiger partial charge in [-0.25, -0.2) is 0 Å². The summed E-state index contributed by atoms with van der Waals surface area (Å²) in [5.74, 6) is -0.551. The van der Waals surface area contributed by atoms with E-state index in [1.807, 2.05) is 40.1 Å². The van der Waals surface area contributed by atoms with Gasteiger partial charge in [0.15, 0.2) is 11.5 Å². The van der Waals surface area contributed by atoms with Gasteiger partial charge < -0.3 is 24.4 Å². The number of aromatic nitrogens is 1. The van der Waals surface area contributed by atoms with E-state index in [4.69, 9.17) is 9.47 Å². The molecule has 3 atom stereocenters. The lowest BCUT2D eigenvalue weighted by Crippen LogP contribution is -2.44. The minimum atomic E-state index is -0.880. The molecular weight excluding hydrogens is 512 g/mol. The average Bonchev–Trinajstić information content (AvgIpc) is 3.68. The molecule has 3 aliphatic rings. The Hall–Kier alpha value is -3.66. The Labute approximate surface area is 234 Å². The summed E-state index contributed by atoms with van der Waals surface area (Å²) in [6, 6.07) is 8.95. The first kappa shape index (κ1) is 27.9. The predicted octanol–water partition coefficient (Wildman–Crippen LogP) is 3.51. The lowest BCUT2D eigenvalue weighted by molar-refractivity contribution is -0.143. The number of carboxylic acid groups (broad SMARTS) is 1. The highest BCUT2D eigenvalue weighted by Crippen LogP contribution is 2.43. The Morgan fingerprint density at radius 2 is 2.02 bits per heavy atom. The number of rotatable bonds is 12. The number of hydrogen-bond acceptors (Lipinski definition) is 7. The number of carboxylic acids is 1. The summed E-state index contributed by atoms with van der Waals surface area (Å²) in [7, 11) is 0. The van der Waals surface area contributed by atoms with Gasteiger partial charge in [0.1, 0.15) is 0 Å². The molecule has 1 N–H and O–H groups in total. The number of nitrogens with zero attached hydrogens (tertiary/aromatic N) is 4. The first-order valence-corrected chi connectivity index (χ1v) is 14.3. The standard InChI is InChI=1S/C30H38N4O6/c1-2-3-15-34(22-7-4-12-31-17-22)28(36)19-33-18-23(21-10-11-25-26(16-21)40-20-39-25)29(30(37)38)24(33)8-5-13-32-14-6-9-27(32)35/h4,7,10-12,16-17,23-24,29H,2-3,5-6,8-9,13-15,18-20H2,1H3,(H,37,38)/t23-,24+,29-/m1/s1. The average molecular weight is 551 g/mol. The molecule has 214 valence electrons. The number of benzene rings is 1. The first-order chi connectivity index (χ1) is 19.5. The monoisotopic (exact) mass is 550 g/mol. The van der Waals surface area contributed by atoms with E-state index in [1.54, 1.807) is 17.3 Å². The molecule has 4 heterocycles. The number of hydrogen-bond donors (Lipinski definition) is 1. The van der Waals surface area contributed by atoms with E-state index in [0.29, 0.717) is 50.4 Å². The molecule has 10 heteroatoms. The Balaban J connectivity index is 1.39. The molecule has 2 aromatic rings. The number of pyridine rings is 1. The Kier molecular flexibility index (Phi) is 8.84. The molecule has 0 aliphatic carbocycles. The van der Waals surface area contributed by atoms with Crippen LogP contribution in [0.3, 0.4) is 0 Å². The maximum Gasteiger partial charge on any atom is 0.308 e. The number of aliphatic carboxylic acids is 1. The summed E-state index contributed by atoms with van der Waals surface area (Å²) >= 11 is 0. The van der Waals surface area contributed by atoms with Crippen molar-refractivity contribution in [1.29, 1.82) is 0 Å². The Bertz CT molecular complexity index is 1210. The zero-order chi connectivity index (χ0) is 28.1. The minimum absolute atomic E-state index is 0.0725. The van der Waals surface area contributed by atoms with E-state index in [0.717, 1.165) is 37.1 Å². The van der Waals surface area contributed by atoms with Gasteiger partial charge in [0, 0.05) is 50.8 Å². The third kappa shape index (κ3) is 6.06. The molecule has 0 spiro atoms. The van der Waals surface area contributed by atoms with Gasteiger partial charge in [-0.15, -0.1) is 0 Å². The second-order valence-electron chi connectivity index (χ2n) is 10.8. The van der Waals surface area contributed by atoms with Crippen molar-refractivity contribution in [3.05, 3.63) is 48.3 Å². The number of unbranched alkanes of at least 4 members (excludes halogenated alkanes) is 1. The Morgan fingerprint density at radius 1 is 1.18 bits per heavy atom. The molecule has 1 aromatic heterocycles. The fourth-order valence-corrected chi connectivity index (χ4v) is 6.25. The third-order valence-electron chi connectivity index (χ3n) is 8.29. The van der Waals surface area contributed by atoms with Crippen molar-refractivity contribution >= 4 is 23.5 Å². The van der Waals surface area contributed by atoms with Gasteiger partial charge in [-0.1, -0.05) is 19.4 Å². The van der Waals surface area contributed by atoms with Crippen LogP contribution >= 0.6 is 0 Å². The molecule has 0 bridgehead atoms. The molecule has 40 heavy (non-hydrogen) atoms. The van der Waals surface area contributed by atoms with Gasteiger partial charge in [-0.3, -0.25) is 24.3 Å². The molecule has 0 unspecified atom stereocenters. The van der Waals surface area contributed by atoms with Crippen LogP contribution in [0.25, 0.3) is 0 Å². The van der Waals surface area contributed by atoms with Crippen molar-refractivity contribution in [3.63, 3.8) is 0 Å². The molecule has 2 amide bonds. The molecule has 2 fully saturated rings. The highest BCUT2D eigenvalue weighted by molar-refractivity contribution is 5.94. The number of fused-ring (bicyclic) bond motifs is 1. The summed E-state index contributed by atoms with van der Waals surface area (Å²) in [6.07, 6.45) is 7.88. The summed E-state index contributed by atoms with van der Waals surface area (Å²) in [5.41, 5.74) is 1.60. The van der Waals surface area contributed by atoms with Gasteiger partial charge in [0.25, 0.3) is 0 Å². The van der Waals surface area contributed by atoms with Crippen LogP contribution in [-0.2, 0) is 14.4 Å². The van der Waals surface area contributed by atoms with Gasteiger partial charge in [0.05, 0.1) is 24.3 Å². The zero-order valence-electron chi connectivity index (χ0n) is 23.0. The largest absolute Gasteiger partial charge is 0.481 e. The van der Waals surface area contributed by atoms with Crippen LogP contribution in [-0.4, -0.2) is 83.2 Å². The van der Waals surface area contributed by atoms with Crippen molar-refractivity contribution < 1.29 is 29.0 Å². The molecule has 0 saturated carbocycles. The van der Waals surface area contributed by atoms with Crippen LogP contribution in [0.4, 0.5) is 5.69 Å². The van der Waals surface area contributed by atoms with Gasteiger partial charge in [0.2, 0.25) is 18.6 Å². The van der Waals surface area contributed by atoms with E-state index in [2.05, 4.69) is 11.9 Å². The highest BCUT2D eigenvalue weighted by atomic mass is 16.7. The summed E-state index contributed by atoms with van der Waals surface area (Å²) < 4.78 is 11.0. The summed E-state index contributed by atoms with van der Waals surface area (Å²) in [5, 5.41) is 10.5. The molecule has 10 nitrogen and oxygen atoms in total. The van der Waals surface area contributed by atoms with Crippen LogP contribution < -0.4 is 14.4 Å². The molecule has 1 aromatic carbocycles. The summed E-state index contributed by atoms with van der Waals surface area (Å²) in [6.45, 7) is 4.71. The lowest BCUT2D eigenvalue weighted by Gasteiger charge is -2.30. The van der Waals surface area contributed by atoms with Crippen molar-refractivity contribution in [2.45, 2.75) is 57.4 Å². The SMILES string of the molecule is CCCCN(C(=O)CN1C[C@H](c2ccc3c(c2)OCO3)[C@@H](C(=O)O)[C@@H]1CCCN1CCCC1=O)c1cccnc1. The second kappa shape index (κ2) is 12.7. The smallest absolute Gasteiger partial charge is 0.308 e. The van der Waals surface area contributed by atoms with Crippen molar-refractivity contribution in [1.82, 2.24) is 14.8 Å². The van der Waals surface area contributed by atoms with E-state index < -0.39 is 11.9 Å². The molecule has 0 radical (unpaired) electrons. The maximum atomic E-state index is 13.8. The number of carbonyl (C=O) groups is 3. The number of likely N-dealkylation sites (tertiary alicyclic amines) is 2. The van der Waals surface area contributed by atoms with Crippen LogP contribution in [0.15, 0.2) is 42.7 Å². The molecule has 2 saturated heterocycles. The maximum absolute atomic E-state index is 13.8. The van der Waals surface area contributed by atoms with Crippen LogP contribution in [0.5, 0.6) is 11.5 Å². The Morgan fingerprint density at radius 3 is 2.75 bits per heavy atom. The fourth-order valence-electron chi connectivity index (χ4n) is 6.25. The van der Waals surface area contributed by atoms with E-state index in [9.17, 15) is 19.5 Å². The van der Waals surface area contributed by atoms with Gasteiger partial charge in [-0.05, 0) is 55.5 Å². The van der Waals surface area contributed by atoms with E-state index in [1.165, 1.54) is 0 Å². The second-order valence-corrected chi connectivity index (χ2v) is 10.8. The zero-order valence-corrected chi connectivity index (χ0v) is 23.0. The highest BCUT2D eigenvalue weighted by Gasteiger charge is 2.47. The third-order valence-corrected chi connectivity index (χ3v) is 8.29. The van der Waals surface area contributed by atoms with Gasteiger partial charge >= 0.3 is 5.97 Å². The fraction of sp³-hybridized carbons (Fsp3) is 0.533. The normalized spacial score (nSPS) is 22.2. The van der Waals surface area contributed by atoms with Gasteiger partial charge in [-0.2, -0.15) is 0 Å². The number of anilines is 1. The van der Waals surface area contributed by atoms with Crippen LogP contribution in [0.2, 0.25) is 0 Å². The van der Waals surface area contributed by atoms with Crippen LogP contribution in [0.1, 0.15) is 56.9 Å². The van der Waals surface area contributed by atoms with Crippen molar-refractivity contribution in [2.75, 3.05) is 44.4 Å². The lowest BCUT2D eigenvalue weighted by atomic mass is 9.83. The summed E-state index contributed by atoms with van der Waals surface area (Å²) in [4.78, 5) is 48.6. The van der Waals surface area contributed by atoms with E-state index >= 15 is 0 Å². The minimum Gasteiger partial charge on any atom is -0.481 e. The number of ether oxygens (including phenoxy) is 2. The van der Waals surface area contributed by atoms with Crippen LogP contribution in [0, 0.1) is 5.92 Å². The molecular formula is C30H38N4O6. The quantitative estimate of drug-likeness (QED) is 0.427. The predicted molar refractivity (Wildman–Crippen MR) is 148 cm³/mol. The van der Waals surface area contributed by atoms with Crippen molar-refractivity contribution in [2.24, 2.45) is 5.92 Å². The number of amides is 2. The first-order valence-electron chi connectivity index (χ1n) is 14.3.